The van der Waals surface area contributed by atoms with Crippen LogP contribution in [0.2, 0.25) is 0 Å². The third-order valence-corrected chi connectivity index (χ3v) is 4.68. The Hall–Kier alpha value is -1.92. The number of nitrogens with zero attached hydrogens (tertiary/aromatic N) is 1. The number of hydrogen-bond donors (Lipinski definition) is 1. The maximum absolute atomic E-state index is 12.1. The number of rotatable bonds is 5. The van der Waals surface area contributed by atoms with Crippen molar-refractivity contribution < 1.29 is 19.1 Å². The predicted molar refractivity (Wildman–Crippen MR) is 89.8 cm³/mol. The highest BCUT2D eigenvalue weighted by Gasteiger charge is 2.32. The summed E-state index contributed by atoms with van der Waals surface area (Å²) in [6.07, 6.45) is 1.13. The summed E-state index contributed by atoms with van der Waals surface area (Å²) in [6.45, 7) is 5.53. The largest absolute Gasteiger partial charge is 0.351 e. The zero-order chi connectivity index (χ0) is 17.2. The first-order valence-corrected chi connectivity index (χ1v) is 8.40. The Morgan fingerprint density at radius 1 is 1.29 bits per heavy atom. The second-order valence-electron chi connectivity index (χ2n) is 6.53. The minimum atomic E-state index is -0.707. The van der Waals surface area contributed by atoms with Gasteiger partial charge in [0.25, 0.3) is 0 Å². The standard InChI is InChI=1S/C18H24N2O4/c1-13(21)20-11-14(15-5-3-4-6-16(15)20)7-8-17(22)19-12-18(2)23-9-10-24-18/h3-6,14H,7-12H2,1-2H3,(H,19,22)/t14-/m0/s1. The molecule has 1 atom stereocenters. The van der Waals surface area contributed by atoms with Gasteiger partial charge in [0, 0.05) is 31.5 Å². The van der Waals surface area contributed by atoms with Crippen LogP contribution in [0.25, 0.3) is 0 Å². The number of benzene rings is 1. The number of anilines is 1. The van der Waals surface area contributed by atoms with Gasteiger partial charge in [-0.15, -0.1) is 0 Å². The van der Waals surface area contributed by atoms with Crippen LogP contribution in [0, 0.1) is 0 Å². The molecule has 6 nitrogen and oxygen atoms in total. The fourth-order valence-corrected chi connectivity index (χ4v) is 3.35. The number of nitrogens with one attached hydrogen (secondary N) is 1. The summed E-state index contributed by atoms with van der Waals surface area (Å²) in [5.41, 5.74) is 2.12. The van der Waals surface area contributed by atoms with Crippen LogP contribution in [-0.2, 0) is 19.1 Å². The molecule has 3 rings (SSSR count). The molecular weight excluding hydrogens is 308 g/mol. The average molecular weight is 332 g/mol. The molecule has 130 valence electrons. The van der Waals surface area contributed by atoms with Crippen LogP contribution in [0.5, 0.6) is 0 Å². The molecule has 0 saturated carbocycles. The van der Waals surface area contributed by atoms with E-state index in [4.69, 9.17) is 9.47 Å². The Kier molecular flexibility index (Phi) is 4.87. The van der Waals surface area contributed by atoms with Crippen molar-refractivity contribution in [2.75, 3.05) is 31.2 Å². The van der Waals surface area contributed by atoms with Gasteiger partial charge in [-0.05, 0) is 25.0 Å². The van der Waals surface area contributed by atoms with E-state index < -0.39 is 5.79 Å². The SMILES string of the molecule is CC(=O)N1C[C@H](CCC(=O)NCC2(C)OCCO2)c2ccccc21. The molecule has 0 bridgehead atoms. The third-order valence-electron chi connectivity index (χ3n) is 4.68. The second-order valence-corrected chi connectivity index (χ2v) is 6.53. The van der Waals surface area contributed by atoms with E-state index in [9.17, 15) is 9.59 Å². The summed E-state index contributed by atoms with van der Waals surface area (Å²) in [7, 11) is 0. The zero-order valence-corrected chi connectivity index (χ0v) is 14.2. The van der Waals surface area contributed by atoms with Gasteiger partial charge in [-0.2, -0.15) is 0 Å². The van der Waals surface area contributed by atoms with Crippen molar-refractivity contribution in [3.8, 4) is 0 Å². The highest BCUT2D eigenvalue weighted by Crippen LogP contribution is 2.38. The number of carbonyl (C=O) groups excluding carboxylic acids is 2. The summed E-state index contributed by atoms with van der Waals surface area (Å²) in [4.78, 5) is 25.7. The van der Waals surface area contributed by atoms with E-state index in [1.54, 1.807) is 11.8 Å². The van der Waals surface area contributed by atoms with Crippen LogP contribution in [-0.4, -0.2) is 43.9 Å². The van der Waals surface area contributed by atoms with Crippen LogP contribution in [0.15, 0.2) is 24.3 Å². The fraction of sp³-hybridized carbons (Fsp3) is 0.556. The van der Waals surface area contributed by atoms with E-state index in [1.165, 1.54) is 0 Å². The van der Waals surface area contributed by atoms with E-state index in [2.05, 4.69) is 5.32 Å². The number of hydrogen-bond acceptors (Lipinski definition) is 4. The van der Waals surface area contributed by atoms with Crippen molar-refractivity contribution >= 4 is 17.5 Å². The molecule has 1 fully saturated rings. The molecular formula is C18H24N2O4. The molecule has 1 aromatic rings. The highest BCUT2D eigenvalue weighted by atomic mass is 16.7. The van der Waals surface area contributed by atoms with Crippen molar-refractivity contribution in [1.29, 1.82) is 0 Å². The lowest BCUT2D eigenvalue weighted by Gasteiger charge is -2.22. The van der Waals surface area contributed by atoms with E-state index in [1.807, 2.05) is 31.2 Å². The third kappa shape index (κ3) is 3.60. The van der Waals surface area contributed by atoms with Crippen molar-refractivity contribution in [1.82, 2.24) is 5.32 Å². The van der Waals surface area contributed by atoms with Gasteiger partial charge in [0.1, 0.15) is 0 Å². The fourth-order valence-electron chi connectivity index (χ4n) is 3.35. The summed E-state index contributed by atoms with van der Waals surface area (Å²) >= 11 is 0. The lowest BCUT2D eigenvalue weighted by Crippen LogP contribution is -2.41. The van der Waals surface area contributed by atoms with Gasteiger partial charge in [0.2, 0.25) is 11.8 Å². The maximum Gasteiger partial charge on any atom is 0.223 e. The molecule has 0 radical (unpaired) electrons. The van der Waals surface area contributed by atoms with Crippen LogP contribution < -0.4 is 10.2 Å². The van der Waals surface area contributed by atoms with Crippen molar-refractivity contribution in [2.45, 2.75) is 38.4 Å². The van der Waals surface area contributed by atoms with E-state index in [0.717, 1.165) is 11.3 Å². The summed E-state index contributed by atoms with van der Waals surface area (Å²) in [6, 6.07) is 7.92. The van der Waals surface area contributed by atoms with E-state index in [-0.39, 0.29) is 17.7 Å². The first kappa shape index (κ1) is 16.9. The Labute approximate surface area is 142 Å². The number of carbonyl (C=O) groups is 2. The molecule has 2 amide bonds. The lowest BCUT2D eigenvalue weighted by atomic mass is 9.96. The van der Waals surface area contributed by atoms with Gasteiger partial charge < -0.3 is 19.7 Å². The minimum absolute atomic E-state index is 0.0194. The Bertz CT molecular complexity index is 625. The van der Waals surface area contributed by atoms with Gasteiger partial charge in [0.15, 0.2) is 5.79 Å². The van der Waals surface area contributed by atoms with E-state index >= 15 is 0 Å². The van der Waals surface area contributed by atoms with Crippen molar-refractivity contribution in [3.63, 3.8) is 0 Å². The monoisotopic (exact) mass is 332 g/mol. The first-order chi connectivity index (χ1) is 11.5. The quantitative estimate of drug-likeness (QED) is 0.893. The molecule has 2 heterocycles. The molecule has 0 aromatic heterocycles. The van der Waals surface area contributed by atoms with Gasteiger partial charge in [-0.3, -0.25) is 9.59 Å². The topological polar surface area (TPSA) is 67.9 Å². The predicted octanol–water partition coefficient (Wildman–Crippen LogP) is 1.80. The maximum atomic E-state index is 12.1. The summed E-state index contributed by atoms with van der Waals surface area (Å²) < 4.78 is 10.9. The normalized spacial score (nSPS) is 21.6. The number of para-hydroxylation sites is 1. The van der Waals surface area contributed by atoms with Crippen LogP contribution in [0.3, 0.4) is 0 Å². The molecule has 6 heteroatoms. The second kappa shape index (κ2) is 6.91. The Morgan fingerprint density at radius 3 is 2.71 bits per heavy atom. The zero-order valence-electron chi connectivity index (χ0n) is 14.2. The van der Waals surface area contributed by atoms with Crippen LogP contribution >= 0.6 is 0 Å². The number of amides is 2. The number of fused-ring (bicyclic) bond motifs is 1. The molecule has 1 saturated heterocycles. The van der Waals surface area contributed by atoms with Gasteiger partial charge in [-0.1, -0.05) is 18.2 Å². The molecule has 1 aromatic carbocycles. The number of ether oxygens (including phenoxy) is 2. The first-order valence-electron chi connectivity index (χ1n) is 8.40. The molecule has 2 aliphatic rings. The van der Waals surface area contributed by atoms with Gasteiger partial charge in [0.05, 0.1) is 19.8 Å². The van der Waals surface area contributed by atoms with E-state index in [0.29, 0.717) is 39.1 Å². The molecule has 0 aliphatic carbocycles. The average Bonchev–Trinajstić information content (AvgIpc) is 3.16. The van der Waals surface area contributed by atoms with Crippen LogP contribution in [0.4, 0.5) is 5.69 Å². The van der Waals surface area contributed by atoms with Crippen LogP contribution in [0.1, 0.15) is 38.2 Å². The minimum Gasteiger partial charge on any atom is -0.351 e. The summed E-state index contributed by atoms with van der Waals surface area (Å²) in [5, 5.41) is 2.88. The Morgan fingerprint density at radius 2 is 2.00 bits per heavy atom. The lowest BCUT2D eigenvalue weighted by molar-refractivity contribution is -0.145. The van der Waals surface area contributed by atoms with Crippen molar-refractivity contribution in [2.24, 2.45) is 0 Å². The highest BCUT2D eigenvalue weighted by molar-refractivity contribution is 5.94. The molecule has 0 spiro atoms. The molecule has 1 N–H and O–H groups in total. The summed E-state index contributed by atoms with van der Waals surface area (Å²) in [5.74, 6) is -0.488. The molecule has 2 aliphatic heterocycles. The van der Waals surface area contributed by atoms with Crippen molar-refractivity contribution in [3.05, 3.63) is 29.8 Å². The van der Waals surface area contributed by atoms with Gasteiger partial charge in [-0.25, -0.2) is 0 Å². The Balaban J connectivity index is 1.53. The smallest absolute Gasteiger partial charge is 0.223 e. The molecule has 24 heavy (non-hydrogen) atoms. The molecule has 0 unspecified atom stereocenters. The van der Waals surface area contributed by atoms with Gasteiger partial charge >= 0.3 is 0 Å².